The number of hydrogen-bond donors (Lipinski definition) is 1. The Hall–Kier alpha value is -3.06. The second kappa shape index (κ2) is 6.34. The highest BCUT2D eigenvalue weighted by atomic mass is 32.2. The van der Waals surface area contributed by atoms with Gasteiger partial charge in [-0.1, -0.05) is 12.1 Å². The Kier molecular flexibility index (Phi) is 4.00. The minimum atomic E-state index is -3.22. The molecule has 3 aromatic heterocycles. The molecule has 0 unspecified atom stereocenters. The van der Waals surface area contributed by atoms with E-state index in [1.807, 2.05) is 18.2 Å². The number of nitrogens with one attached hydrogen (secondary N) is 1. The van der Waals surface area contributed by atoms with Gasteiger partial charge in [-0.2, -0.15) is 0 Å². The minimum absolute atomic E-state index is 0.282. The zero-order valence-electron chi connectivity index (χ0n) is 14.0. The molecule has 4 aromatic rings. The molecular weight excluding hydrogens is 352 g/mol. The fourth-order valence-corrected chi connectivity index (χ4v) is 3.31. The van der Waals surface area contributed by atoms with Crippen molar-refractivity contribution in [2.75, 3.05) is 11.6 Å². The number of sulfone groups is 1. The van der Waals surface area contributed by atoms with Gasteiger partial charge in [0.05, 0.1) is 17.4 Å². The first kappa shape index (κ1) is 16.4. The van der Waals surface area contributed by atoms with Crippen LogP contribution in [0.5, 0.6) is 0 Å². The van der Waals surface area contributed by atoms with E-state index in [0.717, 1.165) is 16.7 Å². The van der Waals surface area contributed by atoms with Crippen molar-refractivity contribution in [1.82, 2.24) is 4.98 Å². The molecule has 3 heterocycles. The highest BCUT2D eigenvalue weighted by Gasteiger charge is 2.12. The second-order valence-electron chi connectivity index (χ2n) is 5.97. The van der Waals surface area contributed by atoms with Gasteiger partial charge in [0.15, 0.2) is 15.4 Å². The van der Waals surface area contributed by atoms with Crippen LogP contribution in [0.2, 0.25) is 0 Å². The largest absolute Gasteiger partial charge is 0.472 e. The van der Waals surface area contributed by atoms with Gasteiger partial charge in [0.1, 0.15) is 17.6 Å². The van der Waals surface area contributed by atoms with E-state index < -0.39 is 9.84 Å². The average molecular weight is 368 g/mol. The van der Waals surface area contributed by atoms with E-state index in [0.29, 0.717) is 23.5 Å². The lowest BCUT2D eigenvalue weighted by atomic mass is 10.1. The quantitative estimate of drug-likeness (QED) is 0.571. The van der Waals surface area contributed by atoms with E-state index in [9.17, 15) is 8.42 Å². The number of fused-ring (bicyclic) bond motifs is 1. The zero-order valence-corrected chi connectivity index (χ0v) is 14.8. The molecule has 6 nitrogen and oxygen atoms in total. The summed E-state index contributed by atoms with van der Waals surface area (Å²) in [5, 5.41) is 3.24. The highest BCUT2D eigenvalue weighted by Crippen LogP contribution is 2.31. The maximum absolute atomic E-state index is 11.6. The fraction of sp³-hybridized carbons (Fsp3) is 0.105. The smallest absolute Gasteiger partial charge is 0.175 e. The van der Waals surface area contributed by atoms with Crippen molar-refractivity contribution in [3.05, 3.63) is 66.8 Å². The lowest BCUT2D eigenvalue weighted by Gasteiger charge is -2.05. The summed E-state index contributed by atoms with van der Waals surface area (Å²) in [7, 11) is -3.22. The van der Waals surface area contributed by atoms with E-state index in [1.165, 1.54) is 6.26 Å². The van der Waals surface area contributed by atoms with Gasteiger partial charge in [0, 0.05) is 23.9 Å². The van der Waals surface area contributed by atoms with Crippen molar-refractivity contribution in [2.45, 2.75) is 11.4 Å². The van der Waals surface area contributed by atoms with Crippen molar-refractivity contribution in [2.24, 2.45) is 0 Å². The van der Waals surface area contributed by atoms with Crippen LogP contribution in [0, 0.1) is 0 Å². The lowest BCUT2D eigenvalue weighted by Crippen LogP contribution is -2.00. The number of anilines is 1. The Labute approximate surface area is 150 Å². The van der Waals surface area contributed by atoms with Crippen molar-refractivity contribution in [1.29, 1.82) is 0 Å². The molecule has 0 aliphatic heterocycles. The van der Waals surface area contributed by atoms with Crippen molar-refractivity contribution < 1.29 is 17.3 Å². The summed E-state index contributed by atoms with van der Waals surface area (Å²) in [6, 6.07) is 12.3. The van der Waals surface area contributed by atoms with Gasteiger partial charge in [-0.3, -0.25) is 0 Å². The third-order valence-corrected chi connectivity index (χ3v) is 5.19. The summed E-state index contributed by atoms with van der Waals surface area (Å²) in [6.07, 6.45) is 6.13. The van der Waals surface area contributed by atoms with Crippen LogP contribution in [0.1, 0.15) is 5.56 Å². The molecule has 0 saturated carbocycles. The molecule has 1 N–H and O–H groups in total. The van der Waals surface area contributed by atoms with E-state index in [-0.39, 0.29) is 4.90 Å². The SMILES string of the molecule is CS(=O)(=O)c1ccc(-c2coc3ccc(NCc4ccoc4)nc23)cc1. The van der Waals surface area contributed by atoms with Gasteiger partial charge in [0.25, 0.3) is 0 Å². The minimum Gasteiger partial charge on any atom is -0.472 e. The number of nitrogens with zero attached hydrogens (tertiary/aromatic N) is 1. The molecule has 0 atom stereocenters. The third kappa shape index (κ3) is 3.21. The first-order valence-electron chi connectivity index (χ1n) is 7.94. The molecule has 132 valence electrons. The fourth-order valence-electron chi connectivity index (χ4n) is 2.68. The van der Waals surface area contributed by atoms with Gasteiger partial charge >= 0.3 is 0 Å². The monoisotopic (exact) mass is 368 g/mol. The second-order valence-corrected chi connectivity index (χ2v) is 7.99. The van der Waals surface area contributed by atoms with Crippen molar-refractivity contribution in [3.63, 3.8) is 0 Å². The van der Waals surface area contributed by atoms with Crippen LogP contribution in [0.25, 0.3) is 22.2 Å². The van der Waals surface area contributed by atoms with E-state index in [2.05, 4.69) is 10.3 Å². The van der Waals surface area contributed by atoms with Crippen LogP contribution in [0.15, 0.2) is 75.0 Å². The first-order valence-corrected chi connectivity index (χ1v) is 9.83. The summed E-state index contributed by atoms with van der Waals surface area (Å²) in [4.78, 5) is 4.91. The van der Waals surface area contributed by atoms with Crippen LogP contribution in [-0.2, 0) is 16.4 Å². The van der Waals surface area contributed by atoms with Gasteiger partial charge < -0.3 is 14.2 Å². The number of benzene rings is 1. The Morgan fingerprint density at radius 2 is 1.85 bits per heavy atom. The highest BCUT2D eigenvalue weighted by molar-refractivity contribution is 7.90. The van der Waals surface area contributed by atoms with Gasteiger partial charge in [-0.25, -0.2) is 13.4 Å². The van der Waals surface area contributed by atoms with Crippen LogP contribution >= 0.6 is 0 Å². The van der Waals surface area contributed by atoms with Crippen molar-refractivity contribution in [3.8, 4) is 11.1 Å². The normalized spacial score (nSPS) is 11.7. The predicted molar refractivity (Wildman–Crippen MR) is 98.6 cm³/mol. The van der Waals surface area contributed by atoms with Crippen molar-refractivity contribution >= 4 is 26.8 Å². The number of aromatic nitrogens is 1. The molecule has 0 bridgehead atoms. The Balaban J connectivity index is 1.66. The molecule has 26 heavy (non-hydrogen) atoms. The molecule has 7 heteroatoms. The number of hydrogen-bond acceptors (Lipinski definition) is 6. The summed E-state index contributed by atoms with van der Waals surface area (Å²) < 4.78 is 33.9. The van der Waals surface area contributed by atoms with E-state index in [1.54, 1.807) is 43.1 Å². The molecular formula is C19H16N2O4S. The number of furan rings is 2. The van der Waals surface area contributed by atoms with Crippen LogP contribution in [0.4, 0.5) is 5.82 Å². The topological polar surface area (TPSA) is 85.3 Å². The summed E-state index contributed by atoms with van der Waals surface area (Å²) in [6.45, 7) is 0.602. The molecule has 0 spiro atoms. The Bertz CT molecular complexity index is 1140. The van der Waals surface area contributed by atoms with Crippen LogP contribution in [-0.4, -0.2) is 19.7 Å². The molecule has 0 fully saturated rings. The molecule has 0 aliphatic carbocycles. The molecule has 0 saturated heterocycles. The molecule has 4 rings (SSSR count). The maximum atomic E-state index is 11.6. The van der Waals surface area contributed by atoms with E-state index in [4.69, 9.17) is 8.83 Å². The lowest BCUT2D eigenvalue weighted by molar-refractivity contribution is 0.564. The van der Waals surface area contributed by atoms with Gasteiger partial charge in [-0.15, -0.1) is 0 Å². The number of pyridine rings is 1. The average Bonchev–Trinajstić information content (AvgIpc) is 3.28. The molecule has 0 amide bonds. The summed E-state index contributed by atoms with van der Waals surface area (Å²) >= 11 is 0. The molecule has 0 aliphatic rings. The Morgan fingerprint density at radius 1 is 1.04 bits per heavy atom. The van der Waals surface area contributed by atoms with Crippen LogP contribution < -0.4 is 5.32 Å². The number of rotatable bonds is 5. The standard InChI is InChI=1S/C19H16N2O4S/c1-26(22,23)15-4-2-14(3-5-15)16-12-25-17-6-7-18(21-19(16)17)20-10-13-8-9-24-11-13/h2-9,11-12H,10H2,1H3,(H,20,21). The maximum Gasteiger partial charge on any atom is 0.175 e. The van der Waals surface area contributed by atoms with Crippen LogP contribution in [0.3, 0.4) is 0 Å². The van der Waals surface area contributed by atoms with E-state index >= 15 is 0 Å². The summed E-state index contributed by atoms with van der Waals surface area (Å²) in [5.74, 6) is 0.717. The molecule has 1 aromatic carbocycles. The van der Waals surface area contributed by atoms with Gasteiger partial charge in [-0.05, 0) is 35.9 Å². The Morgan fingerprint density at radius 3 is 2.54 bits per heavy atom. The first-order chi connectivity index (χ1) is 12.5. The molecule has 0 radical (unpaired) electrons. The predicted octanol–water partition coefficient (Wildman–Crippen LogP) is 4.10. The third-order valence-electron chi connectivity index (χ3n) is 4.06. The summed E-state index contributed by atoms with van der Waals surface area (Å²) in [5.41, 5.74) is 4.06. The zero-order chi connectivity index (χ0) is 18.1. The van der Waals surface area contributed by atoms with Gasteiger partial charge in [0.2, 0.25) is 0 Å².